The van der Waals surface area contributed by atoms with E-state index < -0.39 is 0 Å². The van der Waals surface area contributed by atoms with E-state index in [0.29, 0.717) is 12.5 Å². The van der Waals surface area contributed by atoms with Crippen molar-refractivity contribution in [3.63, 3.8) is 0 Å². The standard InChI is InChI=1S/C14H27N3O.HI/c1-14(8-4-3-7-12(14)18)11-16-13(15)17-9-5-2-6-10-17;/h12,18H,2-11H2,1H3,(H2,15,16);1H. The number of nitrogens with zero attached hydrogens (tertiary/aromatic N) is 2. The van der Waals surface area contributed by atoms with Crippen molar-refractivity contribution in [3.05, 3.63) is 0 Å². The normalized spacial score (nSPS) is 32.8. The summed E-state index contributed by atoms with van der Waals surface area (Å²) in [6.45, 7) is 4.88. The molecule has 5 heteroatoms. The second kappa shape index (κ2) is 7.67. The summed E-state index contributed by atoms with van der Waals surface area (Å²) < 4.78 is 0. The molecule has 1 aliphatic heterocycles. The van der Waals surface area contributed by atoms with Gasteiger partial charge in [-0.3, -0.25) is 4.99 Å². The molecule has 1 saturated heterocycles. The third-order valence-corrected chi connectivity index (χ3v) is 4.56. The number of halogens is 1. The fourth-order valence-electron chi connectivity index (χ4n) is 3.05. The molecule has 0 aromatic rings. The molecule has 19 heavy (non-hydrogen) atoms. The Kier molecular flexibility index (Phi) is 6.86. The van der Waals surface area contributed by atoms with E-state index in [9.17, 15) is 5.11 Å². The minimum atomic E-state index is -0.218. The van der Waals surface area contributed by atoms with Gasteiger partial charge in [0.25, 0.3) is 0 Å². The minimum absolute atomic E-state index is 0. The first-order valence-electron chi connectivity index (χ1n) is 7.35. The highest BCUT2D eigenvalue weighted by Crippen LogP contribution is 2.36. The fourth-order valence-corrected chi connectivity index (χ4v) is 3.05. The number of likely N-dealkylation sites (tertiary alicyclic amines) is 1. The molecule has 4 nitrogen and oxygen atoms in total. The molecule has 2 unspecified atom stereocenters. The summed E-state index contributed by atoms with van der Waals surface area (Å²) in [5.74, 6) is 0.675. The van der Waals surface area contributed by atoms with E-state index in [4.69, 9.17) is 5.73 Å². The number of piperidine rings is 1. The molecule has 1 aliphatic carbocycles. The summed E-state index contributed by atoms with van der Waals surface area (Å²) in [7, 11) is 0. The van der Waals surface area contributed by atoms with E-state index in [0.717, 1.165) is 32.4 Å². The highest BCUT2D eigenvalue weighted by molar-refractivity contribution is 14.0. The van der Waals surface area contributed by atoms with E-state index in [1.54, 1.807) is 0 Å². The molecular weight excluding hydrogens is 353 g/mol. The van der Waals surface area contributed by atoms with Crippen molar-refractivity contribution in [3.8, 4) is 0 Å². The summed E-state index contributed by atoms with van der Waals surface area (Å²) in [5, 5.41) is 10.1. The van der Waals surface area contributed by atoms with Gasteiger partial charge in [0.2, 0.25) is 0 Å². The molecule has 112 valence electrons. The zero-order valence-corrected chi connectivity index (χ0v) is 14.3. The van der Waals surface area contributed by atoms with Crippen LogP contribution in [0.15, 0.2) is 4.99 Å². The Morgan fingerprint density at radius 1 is 1.26 bits per heavy atom. The molecule has 1 saturated carbocycles. The van der Waals surface area contributed by atoms with Crippen LogP contribution in [-0.2, 0) is 0 Å². The van der Waals surface area contributed by atoms with Gasteiger partial charge in [0.15, 0.2) is 5.96 Å². The Morgan fingerprint density at radius 2 is 1.95 bits per heavy atom. The average Bonchev–Trinajstić information content (AvgIpc) is 2.41. The van der Waals surface area contributed by atoms with Crippen LogP contribution < -0.4 is 5.73 Å². The van der Waals surface area contributed by atoms with Gasteiger partial charge in [-0.15, -0.1) is 24.0 Å². The van der Waals surface area contributed by atoms with Gasteiger partial charge >= 0.3 is 0 Å². The third kappa shape index (κ3) is 4.48. The largest absolute Gasteiger partial charge is 0.392 e. The molecule has 1 heterocycles. The summed E-state index contributed by atoms with van der Waals surface area (Å²) in [6.07, 6.45) is 7.84. The van der Waals surface area contributed by atoms with Gasteiger partial charge in [-0.1, -0.05) is 19.8 Å². The van der Waals surface area contributed by atoms with Crippen molar-refractivity contribution in [2.24, 2.45) is 16.1 Å². The first-order valence-corrected chi connectivity index (χ1v) is 7.35. The van der Waals surface area contributed by atoms with Crippen LogP contribution in [0.4, 0.5) is 0 Å². The second-order valence-corrected chi connectivity index (χ2v) is 6.14. The Bertz CT molecular complexity index is 305. The number of rotatable bonds is 2. The quantitative estimate of drug-likeness (QED) is 0.439. The predicted molar refractivity (Wildman–Crippen MR) is 89.9 cm³/mol. The highest BCUT2D eigenvalue weighted by Gasteiger charge is 2.35. The summed E-state index contributed by atoms with van der Waals surface area (Å²) >= 11 is 0. The molecular formula is C14H28IN3O. The maximum Gasteiger partial charge on any atom is 0.191 e. The maximum absolute atomic E-state index is 10.1. The lowest BCUT2D eigenvalue weighted by atomic mass is 9.73. The van der Waals surface area contributed by atoms with E-state index >= 15 is 0 Å². The molecule has 0 spiro atoms. The van der Waals surface area contributed by atoms with E-state index in [1.165, 1.54) is 25.7 Å². The molecule has 0 amide bonds. The maximum atomic E-state index is 10.1. The number of aliphatic hydroxyl groups is 1. The van der Waals surface area contributed by atoms with Gasteiger partial charge < -0.3 is 15.7 Å². The molecule has 2 aliphatic rings. The Hall–Kier alpha value is -0.0400. The van der Waals surface area contributed by atoms with E-state index in [-0.39, 0.29) is 35.5 Å². The molecule has 2 rings (SSSR count). The monoisotopic (exact) mass is 381 g/mol. The first kappa shape index (κ1) is 17.0. The predicted octanol–water partition coefficient (Wildman–Crippen LogP) is 2.35. The summed E-state index contributed by atoms with van der Waals surface area (Å²) in [6, 6.07) is 0. The van der Waals surface area contributed by atoms with Gasteiger partial charge in [-0.05, 0) is 32.1 Å². The molecule has 0 radical (unpaired) electrons. The van der Waals surface area contributed by atoms with Crippen molar-refractivity contribution in [1.82, 2.24) is 4.90 Å². The molecule has 0 aromatic carbocycles. The summed E-state index contributed by atoms with van der Waals surface area (Å²) in [5.41, 5.74) is 5.99. The van der Waals surface area contributed by atoms with Crippen molar-refractivity contribution in [2.75, 3.05) is 19.6 Å². The number of nitrogens with two attached hydrogens (primary N) is 1. The number of aliphatic imine (C=N–C) groups is 1. The van der Waals surface area contributed by atoms with E-state index in [1.807, 2.05) is 0 Å². The van der Waals surface area contributed by atoms with Crippen LogP contribution in [0, 0.1) is 5.41 Å². The van der Waals surface area contributed by atoms with Crippen molar-refractivity contribution >= 4 is 29.9 Å². The van der Waals surface area contributed by atoms with Crippen molar-refractivity contribution in [1.29, 1.82) is 0 Å². The van der Waals surface area contributed by atoms with Gasteiger partial charge in [-0.2, -0.15) is 0 Å². The SMILES string of the molecule is CC1(CN=C(N)N2CCCCC2)CCCCC1O.I. The smallest absolute Gasteiger partial charge is 0.191 e. The van der Waals surface area contributed by atoms with Gasteiger partial charge in [0.05, 0.1) is 12.6 Å². The zero-order valence-electron chi connectivity index (χ0n) is 12.0. The third-order valence-electron chi connectivity index (χ3n) is 4.56. The lowest BCUT2D eigenvalue weighted by molar-refractivity contribution is 0.00706. The van der Waals surface area contributed by atoms with Crippen molar-refractivity contribution in [2.45, 2.75) is 58.0 Å². The number of hydrogen-bond acceptors (Lipinski definition) is 2. The first-order chi connectivity index (χ1) is 8.62. The zero-order chi connectivity index (χ0) is 13.0. The number of aliphatic hydroxyl groups excluding tert-OH is 1. The molecule has 3 N–H and O–H groups in total. The minimum Gasteiger partial charge on any atom is -0.392 e. The Balaban J connectivity index is 0.00000180. The van der Waals surface area contributed by atoms with Gasteiger partial charge in [0.1, 0.15) is 0 Å². The van der Waals surface area contributed by atoms with Crippen LogP contribution in [-0.4, -0.2) is 41.7 Å². The molecule has 2 atom stereocenters. The van der Waals surface area contributed by atoms with Crippen LogP contribution >= 0.6 is 24.0 Å². The Morgan fingerprint density at radius 3 is 2.58 bits per heavy atom. The second-order valence-electron chi connectivity index (χ2n) is 6.14. The van der Waals surface area contributed by atoms with Gasteiger partial charge in [0, 0.05) is 18.5 Å². The highest BCUT2D eigenvalue weighted by atomic mass is 127. The van der Waals surface area contributed by atoms with Crippen LogP contribution in [0.2, 0.25) is 0 Å². The van der Waals surface area contributed by atoms with Crippen LogP contribution in [0.5, 0.6) is 0 Å². The molecule has 0 aromatic heterocycles. The molecule has 0 bridgehead atoms. The van der Waals surface area contributed by atoms with Crippen LogP contribution in [0.3, 0.4) is 0 Å². The fraction of sp³-hybridized carbons (Fsp3) is 0.929. The lowest BCUT2D eigenvalue weighted by Crippen LogP contribution is -2.43. The topological polar surface area (TPSA) is 61.8 Å². The average molecular weight is 381 g/mol. The van der Waals surface area contributed by atoms with E-state index in [2.05, 4.69) is 16.8 Å². The van der Waals surface area contributed by atoms with Crippen LogP contribution in [0.1, 0.15) is 51.9 Å². The van der Waals surface area contributed by atoms with Gasteiger partial charge in [-0.25, -0.2) is 0 Å². The van der Waals surface area contributed by atoms with Crippen LogP contribution in [0.25, 0.3) is 0 Å². The Labute approximate surface area is 133 Å². The summed E-state index contributed by atoms with van der Waals surface area (Å²) in [4.78, 5) is 6.74. The molecule has 2 fully saturated rings. The number of hydrogen-bond donors (Lipinski definition) is 2. The number of guanidine groups is 1. The lowest BCUT2D eigenvalue weighted by Gasteiger charge is -2.37. The van der Waals surface area contributed by atoms with Crippen molar-refractivity contribution < 1.29 is 5.11 Å².